The van der Waals surface area contributed by atoms with E-state index >= 15 is 0 Å². The van der Waals surface area contributed by atoms with Crippen LogP contribution in [-0.2, 0) is 11.2 Å². The molecule has 0 aromatic heterocycles. The molecule has 106 valence electrons. The van der Waals surface area contributed by atoms with E-state index in [2.05, 4.69) is 37.1 Å². The number of hydrogen-bond donors (Lipinski definition) is 1. The highest BCUT2D eigenvalue weighted by molar-refractivity contribution is 5.40. The summed E-state index contributed by atoms with van der Waals surface area (Å²) >= 11 is 0. The minimum Gasteiger partial charge on any atom is -0.488 e. The lowest BCUT2D eigenvalue weighted by Crippen LogP contribution is -2.42. The Kier molecular flexibility index (Phi) is 4.80. The van der Waals surface area contributed by atoms with Crippen LogP contribution < -0.4 is 10.5 Å². The van der Waals surface area contributed by atoms with E-state index < -0.39 is 0 Å². The molecule has 1 aliphatic heterocycles. The summed E-state index contributed by atoms with van der Waals surface area (Å²) < 4.78 is 11.0. The standard InChI is InChI=1S/C15H24N2O2/c1-11-4-5-15-12(6-11)7-14(19-15)9-17(2)8-13(16)10-18-3/h4-6,13-14H,7-10,16H2,1-3H3. The van der Waals surface area contributed by atoms with Gasteiger partial charge in [-0.25, -0.2) is 0 Å². The minimum absolute atomic E-state index is 0.0565. The Hall–Kier alpha value is -1.10. The molecule has 4 heteroatoms. The summed E-state index contributed by atoms with van der Waals surface area (Å²) in [4.78, 5) is 2.22. The van der Waals surface area contributed by atoms with E-state index in [1.807, 2.05) is 0 Å². The second-order valence-electron chi connectivity index (χ2n) is 5.49. The van der Waals surface area contributed by atoms with E-state index in [1.54, 1.807) is 7.11 Å². The third kappa shape index (κ3) is 3.93. The fraction of sp³-hybridized carbons (Fsp3) is 0.600. The third-order valence-electron chi connectivity index (χ3n) is 3.40. The highest BCUT2D eigenvalue weighted by Crippen LogP contribution is 2.29. The van der Waals surface area contributed by atoms with E-state index in [0.29, 0.717) is 6.61 Å². The molecule has 0 saturated heterocycles. The molecule has 0 bridgehead atoms. The Bertz CT molecular complexity index is 423. The molecule has 2 unspecified atom stereocenters. The summed E-state index contributed by atoms with van der Waals surface area (Å²) in [6, 6.07) is 6.44. The van der Waals surface area contributed by atoms with E-state index in [4.69, 9.17) is 15.2 Å². The SMILES string of the molecule is COCC(N)CN(C)CC1Cc2cc(C)ccc2O1. The lowest BCUT2D eigenvalue weighted by molar-refractivity contribution is 0.135. The number of likely N-dealkylation sites (N-methyl/N-ethyl adjacent to an activating group) is 1. The molecule has 19 heavy (non-hydrogen) atoms. The molecule has 0 radical (unpaired) electrons. The van der Waals surface area contributed by atoms with Crippen molar-refractivity contribution in [3.8, 4) is 5.75 Å². The van der Waals surface area contributed by atoms with E-state index in [-0.39, 0.29) is 12.1 Å². The molecule has 1 heterocycles. The van der Waals surface area contributed by atoms with Crippen LogP contribution in [0.15, 0.2) is 18.2 Å². The predicted molar refractivity (Wildman–Crippen MR) is 76.6 cm³/mol. The lowest BCUT2D eigenvalue weighted by atomic mass is 10.1. The molecular formula is C15H24N2O2. The van der Waals surface area contributed by atoms with Gasteiger partial charge in [0, 0.05) is 32.7 Å². The number of nitrogens with two attached hydrogens (primary N) is 1. The smallest absolute Gasteiger partial charge is 0.123 e. The molecule has 2 atom stereocenters. The maximum absolute atomic E-state index is 5.96. The number of ether oxygens (including phenoxy) is 2. The van der Waals surface area contributed by atoms with Crippen molar-refractivity contribution in [3.63, 3.8) is 0 Å². The molecule has 1 aliphatic rings. The van der Waals surface area contributed by atoms with Gasteiger partial charge in [0.25, 0.3) is 0 Å². The first-order valence-corrected chi connectivity index (χ1v) is 6.77. The molecule has 1 aromatic rings. The van der Waals surface area contributed by atoms with Gasteiger partial charge in [-0.05, 0) is 25.6 Å². The highest BCUT2D eigenvalue weighted by Gasteiger charge is 2.24. The molecule has 0 saturated carbocycles. The number of rotatable bonds is 6. The van der Waals surface area contributed by atoms with Gasteiger partial charge in [-0.15, -0.1) is 0 Å². The first-order chi connectivity index (χ1) is 9.08. The topological polar surface area (TPSA) is 47.7 Å². The largest absolute Gasteiger partial charge is 0.488 e. The van der Waals surface area contributed by atoms with Crippen molar-refractivity contribution in [2.45, 2.75) is 25.5 Å². The zero-order chi connectivity index (χ0) is 13.8. The van der Waals surface area contributed by atoms with Crippen molar-refractivity contribution < 1.29 is 9.47 Å². The van der Waals surface area contributed by atoms with E-state index in [1.165, 1.54) is 11.1 Å². The van der Waals surface area contributed by atoms with Crippen molar-refractivity contribution in [1.29, 1.82) is 0 Å². The molecule has 2 N–H and O–H groups in total. The van der Waals surface area contributed by atoms with Crippen LogP contribution >= 0.6 is 0 Å². The van der Waals surface area contributed by atoms with Gasteiger partial charge in [0.05, 0.1) is 6.61 Å². The predicted octanol–water partition coefficient (Wildman–Crippen LogP) is 1.20. The molecule has 0 amide bonds. The van der Waals surface area contributed by atoms with Crippen molar-refractivity contribution >= 4 is 0 Å². The van der Waals surface area contributed by atoms with E-state index in [9.17, 15) is 0 Å². The van der Waals surface area contributed by atoms with Crippen LogP contribution in [-0.4, -0.2) is 50.9 Å². The van der Waals surface area contributed by atoms with Gasteiger partial charge in [-0.1, -0.05) is 17.7 Å². The first-order valence-electron chi connectivity index (χ1n) is 6.77. The molecule has 0 spiro atoms. The van der Waals surface area contributed by atoms with Crippen LogP contribution in [0.1, 0.15) is 11.1 Å². The van der Waals surface area contributed by atoms with Gasteiger partial charge in [0.2, 0.25) is 0 Å². The fourth-order valence-corrected chi connectivity index (χ4v) is 2.64. The van der Waals surface area contributed by atoms with Gasteiger partial charge in [0.15, 0.2) is 0 Å². The van der Waals surface area contributed by atoms with E-state index in [0.717, 1.165) is 25.3 Å². The fourth-order valence-electron chi connectivity index (χ4n) is 2.64. The van der Waals surface area contributed by atoms with Crippen molar-refractivity contribution in [1.82, 2.24) is 4.90 Å². The number of nitrogens with zero attached hydrogens (tertiary/aromatic N) is 1. The highest BCUT2D eigenvalue weighted by atomic mass is 16.5. The second kappa shape index (κ2) is 6.37. The van der Waals surface area contributed by atoms with Gasteiger partial charge in [-0.2, -0.15) is 0 Å². The monoisotopic (exact) mass is 264 g/mol. The van der Waals surface area contributed by atoms with Crippen LogP contribution in [0.2, 0.25) is 0 Å². The quantitative estimate of drug-likeness (QED) is 0.839. The van der Waals surface area contributed by atoms with Crippen molar-refractivity contribution in [2.24, 2.45) is 5.73 Å². The summed E-state index contributed by atoms with van der Waals surface area (Å²) in [5.74, 6) is 1.03. The zero-order valence-electron chi connectivity index (χ0n) is 12.1. The summed E-state index contributed by atoms with van der Waals surface area (Å²) in [5.41, 5.74) is 8.57. The lowest BCUT2D eigenvalue weighted by Gasteiger charge is -2.23. The average molecular weight is 264 g/mol. The third-order valence-corrected chi connectivity index (χ3v) is 3.40. The second-order valence-corrected chi connectivity index (χ2v) is 5.49. The molecule has 1 aromatic carbocycles. The number of aryl methyl sites for hydroxylation is 1. The molecular weight excluding hydrogens is 240 g/mol. The Morgan fingerprint density at radius 3 is 3.05 bits per heavy atom. The van der Waals surface area contributed by atoms with Crippen LogP contribution in [0.25, 0.3) is 0 Å². The number of benzene rings is 1. The van der Waals surface area contributed by atoms with Gasteiger partial charge in [0.1, 0.15) is 11.9 Å². The normalized spacial score (nSPS) is 19.3. The Balaban J connectivity index is 1.83. The summed E-state index contributed by atoms with van der Waals surface area (Å²) in [5, 5.41) is 0. The van der Waals surface area contributed by atoms with Crippen LogP contribution in [0.5, 0.6) is 5.75 Å². The molecule has 0 aliphatic carbocycles. The maximum atomic E-state index is 5.96. The Morgan fingerprint density at radius 2 is 2.32 bits per heavy atom. The van der Waals surface area contributed by atoms with Crippen LogP contribution in [0.3, 0.4) is 0 Å². The first kappa shape index (κ1) is 14.3. The van der Waals surface area contributed by atoms with Gasteiger partial charge < -0.3 is 20.1 Å². The summed E-state index contributed by atoms with van der Waals surface area (Å²) in [6.07, 6.45) is 1.22. The number of fused-ring (bicyclic) bond motifs is 1. The number of methoxy groups -OCH3 is 1. The molecule has 4 nitrogen and oxygen atoms in total. The molecule has 2 rings (SSSR count). The van der Waals surface area contributed by atoms with Crippen LogP contribution in [0, 0.1) is 6.92 Å². The Morgan fingerprint density at radius 1 is 1.53 bits per heavy atom. The van der Waals surface area contributed by atoms with Crippen LogP contribution in [0.4, 0.5) is 0 Å². The van der Waals surface area contributed by atoms with Gasteiger partial charge in [-0.3, -0.25) is 0 Å². The number of hydrogen-bond acceptors (Lipinski definition) is 4. The minimum atomic E-state index is 0.0565. The van der Waals surface area contributed by atoms with Gasteiger partial charge >= 0.3 is 0 Å². The average Bonchev–Trinajstić information content (AvgIpc) is 2.70. The van der Waals surface area contributed by atoms with Crippen molar-refractivity contribution in [3.05, 3.63) is 29.3 Å². The summed E-state index contributed by atoms with van der Waals surface area (Å²) in [6.45, 7) is 4.42. The zero-order valence-corrected chi connectivity index (χ0v) is 12.1. The summed E-state index contributed by atoms with van der Waals surface area (Å²) in [7, 11) is 3.76. The Labute approximate surface area is 115 Å². The van der Waals surface area contributed by atoms with Crippen molar-refractivity contribution in [2.75, 3.05) is 33.9 Å². The maximum Gasteiger partial charge on any atom is 0.123 e. The molecule has 0 fully saturated rings.